The minimum atomic E-state index is 0.0371. The Hall–Kier alpha value is -0.313. The highest BCUT2D eigenvalue weighted by Crippen LogP contribution is 2.10. The highest BCUT2D eigenvalue weighted by Gasteiger charge is 2.12. The standard InChI is InChI=1S/C11H24O2Si/c1-3-5-6-7-9-13-11(12)10(14)8-4-2/h10H,3-9H2,1-2,14H3. The van der Waals surface area contributed by atoms with Gasteiger partial charge in [-0.2, -0.15) is 0 Å². The molecule has 0 spiro atoms. The molecule has 2 nitrogen and oxygen atoms in total. The van der Waals surface area contributed by atoms with Crippen molar-refractivity contribution in [1.29, 1.82) is 0 Å². The second-order valence-electron chi connectivity index (χ2n) is 3.92. The van der Waals surface area contributed by atoms with Gasteiger partial charge in [0.05, 0.1) is 6.61 Å². The molecule has 0 radical (unpaired) electrons. The monoisotopic (exact) mass is 216 g/mol. The van der Waals surface area contributed by atoms with E-state index in [0.29, 0.717) is 6.61 Å². The lowest BCUT2D eigenvalue weighted by molar-refractivity contribution is -0.143. The largest absolute Gasteiger partial charge is 0.466 e. The Labute approximate surface area is 90.8 Å². The van der Waals surface area contributed by atoms with Gasteiger partial charge in [-0.1, -0.05) is 39.5 Å². The summed E-state index contributed by atoms with van der Waals surface area (Å²) in [4.78, 5) is 11.4. The minimum absolute atomic E-state index is 0.0371. The fourth-order valence-corrected chi connectivity index (χ4v) is 2.14. The third-order valence-electron chi connectivity index (χ3n) is 2.37. The van der Waals surface area contributed by atoms with Crippen molar-refractivity contribution in [3.05, 3.63) is 0 Å². The highest BCUT2D eigenvalue weighted by atomic mass is 28.1. The number of hydrogen-bond acceptors (Lipinski definition) is 2. The van der Waals surface area contributed by atoms with Crippen LogP contribution in [0.3, 0.4) is 0 Å². The second-order valence-corrected chi connectivity index (χ2v) is 5.31. The van der Waals surface area contributed by atoms with Crippen molar-refractivity contribution in [3.8, 4) is 0 Å². The number of hydrogen-bond donors (Lipinski definition) is 0. The predicted molar refractivity (Wildman–Crippen MR) is 63.7 cm³/mol. The molecule has 0 amide bonds. The summed E-state index contributed by atoms with van der Waals surface area (Å²) >= 11 is 0. The summed E-state index contributed by atoms with van der Waals surface area (Å²) in [7, 11) is 0.928. The van der Waals surface area contributed by atoms with Crippen LogP contribution in [0.2, 0.25) is 5.54 Å². The van der Waals surface area contributed by atoms with Crippen LogP contribution in [-0.4, -0.2) is 22.8 Å². The number of rotatable bonds is 8. The average molecular weight is 216 g/mol. The van der Waals surface area contributed by atoms with Crippen molar-refractivity contribution in [2.45, 2.75) is 57.9 Å². The van der Waals surface area contributed by atoms with Crippen LogP contribution in [0, 0.1) is 0 Å². The van der Waals surface area contributed by atoms with Crippen LogP contribution < -0.4 is 0 Å². The molecule has 0 aliphatic heterocycles. The fourth-order valence-electron chi connectivity index (χ4n) is 1.39. The maximum atomic E-state index is 11.4. The van der Waals surface area contributed by atoms with Gasteiger partial charge in [-0.15, -0.1) is 0 Å². The summed E-state index contributed by atoms with van der Waals surface area (Å²) in [6.07, 6.45) is 6.77. The van der Waals surface area contributed by atoms with E-state index in [0.717, 1.165) is 29.5 Å². The summed E-state index contributed by atoms with van der Waals surface area (Å²) in [6.45, 7) is 4.92. The molecule has 0 aliphatic rings. The SMILES string of the molecule is CCCCCCOC(=O)C([SiH3])CCC. The van der Waals surface area contributed by atoms with Gasteiger partial charge in [0, 0.05) is 15.8 Å². The summed E-state index contributed by atoms with van der Waals surface area (Å²) in [5.74, 6) is 0.0371. The van der Waals surface area contributed by atoms with Crippen molar-refractivity contribution in [2.24, 2.45) is 0 Å². The van der Waals surface area contributed by atoms with Gasteiger partial charge in [-0.25, -0.2) is 0 Å². The molecular formula is C11H24O2Si. The Kier molecular flexibility index (Phi) is 9.04. The Morgan fingerprint density at radius 1 is 1.21 bits per heavy atom. The smallest absolute Gasteiger partial charge is 0.305 e. The van der Waals surface area contributed by atoms with Crippen LogP contribution in [-0.2, 0) is 9.53 Å². The Balaban J connectivity index is 3.34. The van der Waals surface area contributed by atoms with Crippen molar-refractivity contribution in [2.75, 3.05) is 6.61 Å². The highest BCUT2D eigenvalue weighted by molar-refractivity contribution is 6.22. The van der Waals surface area contributed by atoms with Gasteiger partial charge >= 0.3 is 5.97 Å². The van der Waals surface area contributed by atoms with Crippen LogP contribution in [0.25, 0.3) is 0 Å². The van der Waals surface area contributed by atoms with Gasteiger partial charge in [0.1, 0.15) is 0 Å². The first-order valence-electron chi connectivity index (χ1n) is 5.89. The van der Waals surface area contributed by atoms with E-state index >= 15 is 0 Å². The number of esters is 1. The first-order chi connectivity index (χ1) is 6.72. The van der Waals surface area contributed by atoms with Gasteiger partial charge in [0.2, 0.25) is 0 Å². The van der Waals surface area contributed by atoms with Crippen LogP contribution in [0.1, 0.15) is 52.4 Å². The first kappa shape index (κ1) is 13.7. The molecule has 1 atom stereocenters. The quantitative estimate of drug-likeness (QED) is 0.353. The zero-order valence-electron chi connectivity index (χ0n) is 9.84. The summed E-state index contributed by atoms with van der Waals surface area (Å²) in [5, 5.41) is 0. The molecule has 0 aromatic rings. The van der Waals surface area contributed by atoms with Gasteiger partial charge in [-0.3, -0.25) is 4.79 Å². The summed E-state index contributed by atoms with van der Waals surface area (Å²) in [5.41, 5.74) is 0.214. The molecule has 0 saturated heterocycles. The first-order valence-corrected chi connectivity index (χ1v) is 7.04. The van der Waals surface area contributed by atoms with E-state index in [9.17, 15) is 4.79 Å². The third kappa shape index (κ3) is 7.13. The lowest BCUT2D eigenvalue weighted by Crippen LogP contribution is -2.13. The lowest BCUT2D eigenvalue weighted by atomic mass is 10.2. The van der Waals surface area contributed by atoms with E-state index < -0.39 is 0 Å². The molecule has 84 valence electrons. The average Bonchev–Trinajstić information content (AvgIpc) is 2.17. The molecule has 0 saturated carbocycles. The van der Waals surface area contributed by atoms with Crippen molar-refractivity contribution in [1.82, 2.24) is 0 Å². The summed E-state index contributed by atoms with van der Waals surface area (Å²) in [6, 6.07) is 0. The van der Waals surface area contributed by atoms with E-state index in [-0.39, 0.29) is 11.5 Å². The zero-order valence-corrected chi connectivity index (χ0v) is 11.8. The van der Waals surface area contributed by atoms with Crippen LogP contribution >= 0.6 is 0 Å². The number of carbonyl (C=O) groups is 1. The van der Waals surface area contributed by atoms with Gasteiger partial charge in [-0.05, 0) is 12.8 Å². The molecule has 0 aromatic carbocycles. The van der Waals surface area contributed by atoms with E-state index in [1.54, 1.807) is 0 Å². The maximum Gasteiger partial charge on any atom is 0.305 e. The second kappa shape index (κ2) is 9.25. The third-order valence-corrected chi connectivity index (χ3v) is 3.42. The van der Waals surface area contributed by atoms with Crippen LogP contribution in [0.4, 0.5) is 0 Å². The molecule has 3 heteroatoms. The van der Waals surface area contributed by atoms with E-state index in [2.05, 4.69) is 13.8 Å². The Morgan fingerprint density at radius 2 is 1.93 bits per heavy atom. The molecule has 0 aliphatic carbocycles. The molecule has 0 rings (SSSR count). The van der Waals surface area contributed by atoms with Crippen molar-refractivity contribution < 1.29 is 9.53 Å². The lowest BCUT2D eigenvalue weighted by Gasteiger charge is -2.09. The molecule has 0 N–H and O–H groups in total. The Bertz CT molecular complexity index is 148. The minimum Gasteiger partial charge on any atom is -0.466 e. The molecule has 0 fully saturated rings. The van der Waals surface area contributed by atoms with E-state index in [1.165, 1.54) is 19.3 Å². The van der Waals surface area contributed by atoms with E-state index in [1.807, 2.05) is 0 Å². The fraction of sp³-hybridized carbons (Fsp3) is 0.909. The zero-order chi connectivity index (χ0) is 10.8. The predicted octanol–water partition coefficient (Wildman–Crippen LogP) is 2.06. The molecule has 1 unspecified atom stereocenters. The van der Waals surface area contributed by atoms with Gasteiger partial charge in [0.15, 0.2) is 0 Å². The number of unbranched alkanes of at least 4 members (excludes halogenated alkanes) is 3. The van der Waals surface area contributed by atoms with Crippen molar-refractivity contribution in [3.63, 3.8) is 0 Å². The van der Waals surface area contributed by atoms with E-state index in [4.69, 9.17) is 4.74 Å². The molecule has 0 heterocycles. The van der Waals surface area contributed by atoms with Gasteiger partial charge < -0.3 is 4.74 Å². The molecule has 0 aromatic heterocycles. The number of carbonyl (C=O) groups excluding carboxylic acids is 1. The molecule has 14 heavy (non-hydrogen) atoms. The number of ether oxygens (including phenoxy) is 1. The van der Waals surface area contributed by atoms with Crippen LogP contribution in [0.15, 0.2) is 0 Å². The Morgan fingerprint density at radius 3 is 2.50 bits per heavy atom. The normalized spacial score (nSPS) is 12.7. The summed E-state index contributed by atoms with van der Waals surface area (Å²) < 4.78 is 5.20. The van der Waals surface area contributed by atoms with Crippen molar-refractivity contribution >= 4 is 16.2 Å². The molecular weight excluding hydrogens is 192 g/mol. The van der Waals surface area contributed by atoms with Gasteiger partial charge in [0.25, 0.3) is 0 Å². The molecule has 0 bridgehead atoms. The topological polar surface area (TPSA) is 26.3 Å². The maximum absolute atomic E-state index is 11.4. The van der Waals surface area contributed by atoms with Crippen LogP contribution in [0.5, 0.6) is 0 Å².